The highest BCUT2D eigenvalue weighted by molar-refractivity contribution is 6.64. The van der Waals surface area contributed by atoms with Crippen molar-refractivity contribution in [3.8, 4) is 0 Å². The van der Waals surface area contributed by atoms with Gasteiger partial charge < -0.3 is 11.5 Å². The van der Waals surface area contributed by atoms with Gasteiger partial charge in [-0.05, 0) is 10.1 Å². The molecule has 0 saturated heterocycles. The van der Waals surface area contributed by atoms with Gasteiger partial charge in [0.15, 0.2) is 0 Å². The lowest BCUT2D eigenvalue weighted by molar-refractivity contribution is 0.615. The van der Waals surface area contributed by atoms with Crippen LogP contribution >= 0.6 is 0 Å². The molecule has 0 aromatic heterocycles. The lowest BCUT2D eigenvalue weighted by Crippen LogP contribution is -2.40. The molecular weight excluding hydrogens is 180 g/mol. The van der Waals surface area contributed by atoms with E-state index in [1.54, 1.807) is 0 Å². The summed E-state index contributed by atoms with van der Waals surface area (Å²) in [6.07, 6.45) is 0. The zero-order chi connectivity index (χ0) is 9.78. The largest absolute Gasteiger partial charge is 0.329 e. The molecule has 0 aromatic rings. The lowest BCUT2D eigenvalue weighted by Gasteiger charge is -2.19. The predicted octanol–water partition coefficient (Wildman–Crippen LogP) is -0.553. The van der Waals surface area contributed by atoms with Crippen LogP contribution in [0, 0.1) is 0 Å². The van der Waals surface area contributed by atoms with Crippen LogP contribution in [0.3, 0.4) is 0 Å². The first-order valence-corrected chi connectivity index (χ1v) is 8.63. The van der Waals surface area contributed by atoms with E-state index in [1.165, 1.54) is 10.2 Å². The Bertz CT molecular complexity index is 205. The molecule has 1 aliphatic rings. The summed E-state index contributed by atoms with van der Waals surface area (Å²) in [5, 5.41) is 0.788. The maximum absolute atomic E-state index is 6.35. The molecule has 12 heavy (non-hydrogen) atoms. The second-order valence-electron chi connectivity index (χ2n) is 5.16. The first kappa shape index (κ1) is 10.4. The van der Waals surface area contributed by atoms with Gasteiger partial charge in [-0.1, -0.05) is 26.9 Å². The normalized spacial score (nSPS) is 53.2. The van der Waals surface area contributed by atoms with Gasteiger partial charge in [0.25, 0.3) is 0 Å². The molecular formula is C8H22N2Si2. The summed E-state index contributed by atoms with van der Waals surface area (Å²) < 4.78 is 0. The standard InChI is InChI=1S/C8H22N2Si2/c1-6(11)7(2,12(3)4)8(6,10)5-9/h12H,5,9-10H2,1-4,11H3. The molecule has 0 radical (unpaired) electrons. The van der Waals surface area contributed by atoms with Crippen molar-refractivity contribution < 1.29 is 0 Å². The third-order valence-electron chi connectivity index (χ3n) is 4.75. The van der Waals surface area contributed by atoms with E-state index in [2.05, 4.69) is 26.9 Å². The molecule has 1 rings (SSSR count). The predicted molar refractivity (Wildman–Crippen MR) is 61.5 cm³/mol. The number of nitrogens with two attached hydrogens (primary N) is 2. The van der Waals surface area contributed by atoms with Gasteiger partial charge in [-0.3, -0.25) is 0 Å². The molecule has 0 spiro atoms. The van der Waals surface area contributed by atoms with Gasteiger partial charge in [0.05, 0.1) is 0 Å². The van der Waals surface area contributed by atoms with Gasteiger partial charge in [0.2, 0.25) is 0 Å². The Hall–Kier alpha value is 0.354. The molecule has 0 heterocycles. The van der Waals surface area contributed by atoms with Crippen LogP contribution in [-0.4, -0.2) is 31.1 Å². The van der Waals surface area contributed by atoms with Crippen molar-refractivity contribution in [3.63, 3.8) is 0 Å². The van der Waals surface area contributed by atoms with Gasteiger partial charge in [-0.15, -0.1) is 0 Å². The van der Waals surface area contributed by atoms with Crippen molar-refractivity contribution in [3.05, 3.63) is 0 Å². The first-order valence-electron chi connectivity index (χ1n) is 4.74. The molecule has 0 aliphatic heterocycles. The average Bonchev–Trinajstić information content (AvgIpc) is 2.32. The van der Waals surface area contributed by atoms with Gasteiger partial charge >= 0.3 is 0 Å². The smallest absolute Gasteiger partial charge is 0.0396 e. The molecule has 1 saturated carbocycles. The van der Waals surface area contributed by atoms with E-state index in [0.29, 0.717) is 16.6 Å². The van der Waals surface area contributed by atoms with Gasteiger partial charge in [0, 0.05) is 31.1 Å². The third kappa shape index (κ3) is 0.768. The summed E-state index contributed by atoms with van der Waals surface area (Å²) in [5.41, 5.74) is 12.1. The minimum Gasteiger partial charge on any atom is -0.329 e. The van der Waals surface area contributed by atoms with Crippen LogP contribution in [0.5, 0.6) is 0 Å². The molecule has 0 bridgehead atoms. The van der Waals surface area contributed by atoms with Crippen LogP contribution < -0.4 is 11.5 Å². The fourth-order valence-corrected chi connectivity index (χ4v) is 9.18. The fourth-order valence-electron chi connectivity index (χ4n) is 2.98. The van der Waals surface area contributed by atoms with Crippen LogP contribution in [0.4, 0.5) is 0 Å². The fraction of sp³-hybridized carbons (Fsp3) is 1.00. The monoisotopic (exact) mass is 202 g/mol. The Morgan fingerprint density at radius 3 is 1.83 bits per heavy atom. The van der Waals surface area contributed by atoms with Crippen molar-refractivity contribution in [2.45, 2.75) is 42.6 Å². The van der Waals surface area contributed by atoms with E-state index < -0.39 is 8.80 Å². The van der Waals surface area contributed by atoms with Crippen molar-refractivity contribution in [1.29, 1.82) is 0 Å². The molecule has 3 atom stereocenters. The van der Waals surface area contributed by atoms with Crippen molar-refractivity contribution in [2.24, 2.45) is 11.5 Å². The van der Waals surface area contributed by atoms with Gasteiger partial charge in [-0.2, -0.15) is 0 Å². The van der Waals surface area contributed by atoms with E-state index in [9.17, 15) is 0 Å². The summed E-state index contributed by atoms with van der Waals surface area (Å²) in [5.74, 6) is 0. The summed E-state index contributed by atoms with van der Waals surface area (Å²) >= 11 is 0. The minimum atomic E-state index is -0.686. The van der Waals surface area contributed by atoms with Crippen molar-refractivity contribution in [1.82, 2.24) is 0 Å². The van der Waals surface area contributed by atoms with Crippen LogP contribution in [0.1, 0.15) is 13.8 Å². The van der Waals surface area contributed by atoms with Gasteiger partial charge in [0.1, 0.15) is 0 Å². The molecule has 4 N–H and O–H groups in total. The maximum atomic E-state index is 6.35. The summed E-state index contributed by atoms with van der Waals surface area (Å²) in [4.78, 5) is 0. The topological polar surface area (TPSA) is 52.0 Å². The summed E-state index contributed by atoms with van der Waals surface area (Å²) in [6.45, 7) is 10.1. The minimum absolute atomic E-state index is 0.0351. The highest BCUT2D eigenvalue weighted by atomic mass is 28.3. The first-order chi connectivity index (χ1) is 5.25. The van der Waals surface area contributed by atoms with E-state index in [-0.39, 0.29) is 5.54 Å². The number of hydrogen-bond donors (Lipinski definition) is 2. The van der Waals surface area contributed by atoms with E-state index in [0.717, 1.165) is 0 Å². The van der Waals surface area contributed by atoms with Crippen LogP contribution in [0.15, 0.2) is 0 Å². The summed E-state index contributed by atoms with van der Waals surface area (Å²) in [7, 11) is 0.486. The second-order valence-corrected chi connectivity index (χ2v) is 10.6. The van der Waals surface area contributed by atoms with Crippen LogP contribution in [0.25, 0.3) is 0 Å². The van der Waals surface area contributed by atoms with E-state index in [1.807, 2.05) is 0 Å². The molecule has 3 unspecified atom stereocenters. The van der Waals surface area contributed by atoms with E-state index in [4.69, 9.17) is 11.5 Å². The molecule has 72 valence electrons. The number of rotatable bonds is 2. The Balaban J connectivity index is 2.99. The quantitative estimate of drug-likeness (QED) is 0.590. The SMILES string of the molecule is C[SiH](C)C1(C)C(C)([SiH3])C1(N)CN. The summed E-state index contributed by atoms with van der Waals surface area (Å²) in [6, 6.07) is 0. The number of hydrogen-bond acceptors (Lipinski definition) is 2. The highest BCUT2D eigenvalue weighted by Gasteiger charge is 2.77. The zero-order valence-corrected chi connectivity index (χ0v) is 12.1. The molecule has 2 nitrogen and oxygen atoms in total. The zero-order valence-electron chi connectivity index (χ0n) is 8.94. The lowest BCUT2D eigenvalue weighted by atomic mass is 10.2. The molecule has 1 aliphatic carbocycles. The highest BCUT2D eigenvalue weighted by Crippen LogP contribution is 2.80. The van der Waals surface area contributed by atoms with Crippen molar-refractivity contribution >= 4 is 19.0 Å². The van der Waals surface area contributed by atoms with Crippen LogP contribution in [-0.2, 0) is 0 Å². The maximum Gasteiger partial charge on any atom is 0.0396 e. The molecule has 0 aromatic carbocycles. The van der Waals surface area contributed by atoms with E-state index >= 15 is 0 Å². The Morgan fingerprint density at radius 2 is 1.75 bits per heavy atom. The average molecular weight is 202 g/mol. The second kappa shape index (κ2) is 2.44. The van der Waals surface area contributed by atoms with Gasteiger partial charge in [-0.25, -0.2) is 0 Å². The Kier molecular flexibility index (Phi) is 2.12. The molecule has 4 heteroatoms. The third-order valence-corrected chi connectivity index (χ3v) is 10.8. The Morgan fingerprint density at radius 1 is 1.33 bits per heavy atom. The van der Waals surface area contributed by atoms with Crippen molar-refractivity contribution in [2.75, 3.05) is 6.54 Å². The Labute approximate surface area is 80.1 Å². The molecule has 0 amide bonds. The molecule has 1 fully saturated rings. The van der Waals surface area contributed by atoms with Crippen LogP contribution in [0.2, 0.25) is 23.2 Å².